The number of carbonyl (C=O) groups is 2. The molecule has 0 aliphatic heterocycles. The van der Waals surface area contributed by atoms with Gasteiger partial charge in [-0.1, -0.05) is 78.5 Å². The first-order chi connectivity index (χ1) is 18.8. The summed E-state index contributed by atoms with van der Waals surface area (Å²) < 4.78 is 28.7. The number of hydrogen-bond acceptors (Lipinski definition) is 4. The second kappa shape index (κ2) is 13.7. The first kappa shape index (κ1) is 31.7. The monoisotopic (exact) mass is 623 g/mol. The fourth-order valence-electron chi connectivity index (χ4n) is 3.92. The van der Waals surface area contributed by atoms with E-state index in [-0.39, 0.29) is 39.0 Å². The molecule has 0 bridgehead atoms. The Hall–Kier alpha value is -2.78. The summed E-state index contributed by atoms with van der Waals surface area (Å²) in [4.78, 5) is 28.3. The van der Waals surface area contributed by atoms with Gasteiger partial charge in [-0.3, -0.25) is 13.9 Å². The molecule has 40 heavy (non-hydrogen) atoms. The van der Waals surface area contributed by atoms with Crippen LogP contribution in [0, 0.1) is 12.8 Å². The Balaban J connectivity index is 2.05. The highest BCUT2D eigenvalue weighted by atomic mass is 35.5. The highest BCUT2D eigenvalue weighted by molar-refractivity contribution is 7.92. The molecule has 0 fully saturated rings. The summed E-state index contributed by atoms with van der Waals surface area (Å²) in [5.74, 6) is -0.752. The maximum atomic E-state index is 13.9. The summed E-state index contributed by atoms with van der Waals surface area (Å²) in [6.07, 6.45) is 0. The molecule has 0 saturated heterocycles. The van der Waals surface area contributed by atoms with E-state index in [9.17, 15) is 18.0 Å². The standard InChI is InChI=1S/C29H32Cl3N3O4S/c1-19(2)16-33-29(37)21(4)34(17-22-6-5-7-23(30)12-22)28(36)18-35(26-14-24(31)13-25(32)15-26)40(38,39)27-10-8-20(3)9-11-27/h5-15,19,21H,16-18H2,1-4H3,(H,33,37)/t21-/m0/s1. The van der Waals surface area contributed by atoms with E-state index in [1.807, 2.05) is 20.8 Å². The zero-order chi connectivity index (χ0) is 29.6. The van der Waals surface area contributed by atoms with Gasteiger partial charge in [-0.05, 0) is 67.8 Å². The zero-order valence-corrected chi connectivity index (χ0v) is 25.8. The second-order valence-electron chi connectivity index (χ2n) is 9.92. The van der Waals surface area contributed by atoms with Gasteiger partial charge in [0.25, 0.3) is 10.0 Å². The van der Waals surface area contributed by atoms with E-state index in [0.29, 0.717) is 17.1 Å². The van der Waals surface area contributed by atoms with Crippen molar-refractivity contribution in [1.29, 1.82) is 0 Å². The smallest absolute Gasteiger partial charge is 0.264 e. The molecule has 0 saturated carbocycles. The first-order valence-electron chi connectivity index (χ1n) is 12.6. The second-order valence-corrected chi connectivity index (χ2v) is 13.1. The fourth-order valence-corrected chi connectivity index (χ4v) is 6.04. The van der Waals surface area contributed by atoms with Crippen LogP contribution in [0.25, 0.3) is 0 Å². The molecule has 0 unspecified atom stereocenters. The molecule has 214 valence electrons. The largest absolute Gasteiger partial charge is 0.354 e. The molecular formula is C29H32Cl3N3O4S. The highest BCUT2D eigenvalue weighted by Gasteiger charge is 2.33. The van der Waals surface area contributed by atoms with Gasteiger partial charge in [-0.2, -0.15) is 0 Å². The van der Waals surface area contributed by atoms with E-state index < -0.39 is 28.5 Å². The van der Waals surface area contributed by atoms with Crippen LogP contribution in [0.3, 0.4) is 0 Å². The molecule has 3 aromatic carbocycles. The number of aryl methyl sites for hydroxylation is 1. The van der Waals surface area contributed by atoms with Crippen molar-refractivity contribution in [2.45, 2.75) is 45.2 Å². The Bertz CT molecular complexity index is 1440. The number of hydrogen-bond donors (Lipinski definition) is 1. The van der Waals surface area contributed by atoms with Gasteiger partial charge in [0.05, 0.1) is 10.6 Å². The molecule has 2 amide bonds. The third-order valence-electron chi connectivity index (χ3n) is 6.12. The molecule has 7 nitrogen and oxygen atoms in total. The van der Waals surface area contributed by atoms with Crippen LogP contribution in [-0.4, -0.2) is 44.3 Å². The Kier molecular flexibility index (Phi) is 10.9. The Morgan fingerprint density at radius 3 is 2.08 bits per heavy atom. The minimum atomic E-state index is -4.23. The van der Waals surface area contributed by atoms with Crippen LogP contribution < -0.4 is 9.62 Å². The minimum absolute atomic E-state index is 0.00823. The van der Waals surface area contributed by atoms with Crippen molar-refractivity contribution in [1.82, 2.24) is 10.2 Å². The zero-order valence-electron chi connectivity index (χ0n) is 22.7. The lowest BCUT2D eigenvalue weighted by Crippen LogP contribution is -2.51. The van der Waals surface area contributed by atoms with E-state index in [4.69, 9.17) is 34.8 Å². The molecule has 3 aromatic rings. The van der Waals surface area contributed by atoms with Crippen molar-refractivity contribution in [2.75, 3.05) is 17.4 Å². The van der Waals surface area contributed by atoms with Crippen molar-refractivity contribution in [2.24, 2.45) is 5.92 Å². The van der Waals surface area contributed by atoms with Gasteiger partial charge in [0.2, 0.25) is 11.8 Å². The summed E-state index contributed by atoms with van der Waals surface area (Å²) in [6.45, 7) is 7.23. The lowest BCUT2D eigenvalue weighted by atomic mass is 10.1. The quantitative estimate of drug-likeness (QED) is 0.270. The van der Waals surface area contributed by atoms with Crippen LogP contribution in [0.2, 0.25) is 15.1 Å². The van der Waals surface area contributed by atoms with Gasteiger partial charge in [-0.15, -0.1) is 0 Å². The van der Waals surface area contributed by atoms with Crippen LogP contribution in [0.1, 0.15) is 31.9 Å². The van der Waals surface area contributed by atoms with Crippen LogP contribution in [0.15, 0.2) is 71.6 Å². The van der Waals surface area contributed by atoms with E-state index in [0.717, 1.165) is 9.87 Å². The van der Waals surface area contributed by atoms with E-state index in [1.54, 1.807) is 43.3 Å². The van der Waals surface area contributed by atoms with Crippen molar-refractivity contribution < 1.29 is 18.0 Å². The Morgan fingerprint density at radius 1 is 0.875 bits per heavy atom. The van der Waals surface area contributed by atoms with Crippen molar-refractivity contribution in [3.8, 4) is 0 Å². The maximum Gasteiger partial charge on any atom is 0.264 e. The Labute approximate surface area is 251 Å². The van der Waals surface area contributed by atoms with Gasteiger partial charge in [-0.25, -0.2) is 8.42 Å². The molecular weight excluding hydrogens is 593 g/mol. The average molecular weight is 625 g/mol. The molecule has 0 spiro atoms. The summed E-state index contributed by atoms with van der Waals surface area (Å²) in [5.41, 5.74) is 1.68. The number of benzene rings is 3. The molecule has 0 aliphatic rings. The topological polar surface area (TPSA) is 86.8 Å². The lowest BCUT2D eigenvalue weighted by molar-refractivity contribution is -0.139. The summed E-state index contributed by atoms with van der Waals surface area (Å²) >= 11 is 18.6. The number of nitrogens with one attached hydrogen (secondary N) is 1. The van der Waals surface area contributed by atoms with Crippen LogP contribution in [0.5, 0.6) is 0 Å². The number of halogens is 3. The van der Waals surface area contributed by atoms with Gasteiger partial charge in [0, 0.05) is 28.2 Å². The minimum Gasteiger partial charge on any atom is -0.354 e. The summed E-state index contributed by atoms with van der Waals surface area (Å²) in [5, 5.41) is 3.73. The molecule has 0 aromatic heterocycles. The third kappa shape index (κ3) is 8.36. The van der Waals surface area contributed by atoms with E-state index >= 15 is 0 Å². The van der Waals surface area contributed by atoms with Crippen molar-refractivity contribution in [3.05, 3.63) is 92.9 Å². The third-order valence-corrected chi connectivity index (χ3v) is 8.58. The predicted molar refractivity (Wildman–Crippen MR) is 161 cm³/mol. The number of amides is 2. The number of anilines is 1. The van der Waals surface area contributed by atoms with Gasteiger partial charge < -0.3 is 10.2 Å². The van der Waals surface area contributed by atoms with Crippen LogP contribution in [-0.2, 0) is 26.2 Å². The number of rotatable bonds is 11. The normalized spacial score (nSPS) is 12.2. The molecule has 0 heterocycles. The average Bonchev–Trinajstić information content (AvgIpc) is 2.88. The van der Waals surface area contributed by atoms with Crippen LogP contribution in [0.4, 0.5) is 5.69 Å². The Morgan fingerprint density at radius 2 is 1.50 bits per heavy atom. The number of sulfonamides is 1. The molecule has 3 rings (SSSR count). The number of carbonyl (C=O) groups excluding carboxylic acids is 2. The molecule has 1 N–H and O–H groups in total. The van der Waals surface area contributed by atoms with Gasteiger partial charge >= 0.3 is 0 Å². The van der Waals surface area contributed by atoms with E-state index in [2.05, 4.69) is 5.32 Å². The van der Waals surface area contributed by atoms with Gasteiger partial charge in [0.15, 0.2) is 0 Å². The predicted octanol–water partition coefficient (Wildman–Crippen LogP) is 6.34. The molecule has 11 heteroatoms. The molecule has 0 radical (unpaired) electrons. The molecule has 0 aliphatic carbocycles. The van der Waals surface area contributed by atoms with E-state index in [1.165, 1.54) is 35.2 Å². The van der Waals surface area contributed by atoms with Gasteiger partial charge in [0.1, 0.15) is 12.6 Å². The van der Waals surface area contributed by atoms with Crippen molar-refractivity contribution >= 4 is 62.3 Å². The SMILES string of the molecule is Cc1ccc(S(=O)(=O)N(CC(=O)N(Cc2cccc(Cl)c2)[C@@H](C)C(=O)NCC(C)C)c2cc(Cl)cc(Cl)c2)cc1. The van der Waals surface area contributed by atoms with Crippen LogP contribution >= 0.6 is 34.8 Å². The maximum absolute atomic E-state index is 13.9. The fraction of sp³-hybridized carbons (Fsp3) is 0.310. The lowest BCUT2D eigenvalue weighted by Gasteiger charge is -2.32. The summed E-state index contributed by atoms with van der Waals surface area (Å²) in [6, 6.07) is 16.6. The highest BCUT2D eigenvalue weighted by Crippen LogP contribution is 2.30. The molecule has 1 atom stereocenters. The summed E-state index contributed by atoms with van der Waals surface area (Å²) in [7, 11) is -4.23. The van der Waals surface area contributed by atoms with Crippen molar-refractivity contribution in [3.63, 3.8) is 0 Å². The first-order valence-corrected chi connectivity index (χ1v) is 15.2. The number of nitrogens with zero attached hydrogens (tertiary/aromatic N) is 2.